The molecule has 0 bridgehead atoms. The summed E-state index contributed by atoms with van der Waals surface area (Å²) >= 11 is 0. The van der Waals surface area contributed by atoms with Crippen molar-refractivity contribution in [3.8, 4) is 0 Å². The molecule has 1 aliphatic rings. The van der Waals surface area contributed by atoms with Gasteiger partial charge in [-0.15, -0.1) is 0 Å². The molecular weight excluding hydrogens is 216 g/mol. The van der Waals surface area contributed by atoms with Crippen LogP contribution < -0.4 is 11.1 Å². The Hall–Kier alpha value is -1.39. The minimum absolute atomic E-state index is 0.176. The fourth-order valence-electron chi connectivity index (χ4n) is 2.39. The molecule has 1 aliphatic heterocycles. The molecular formula is C13H18N2O2. The summed E-state index contributed by atoms with van der Waals surface area (Å²) in [5.41, 5.74) is 7.43. The Morgan fingerprint density at radius 1 is 1.41 bits per heavy atom. The molecule has 4 heteroatoms. The minimum Gasteiger partial charge on any atom is -0.478 e. The van der Waals surface area contributed by atoms with Gasteiger partial charge in [0, 0.05) is 24.5 Å². The number of hydrogen-bond donors (Lipinski definition) is 3. The van der Waals surface area contributed by atoms with Crippen molar-refractivity contribution in [2.45, 2.75) is 31.3 Å². The lowest BCUT2D eigenvalue weighted by molar-refractivity contribution is 0.0697. The molecule has 17 heavy (non-hydrogen) atoms. The van der Waals surface area contributed by atoms with E-state index in [9.17, 15) is 4.79 Å². The largest absolute Gasteiger partial charge is 0.478 e. The van der Waals surface area contributed by atoms with Crippen LogP contribution in [-0.2, 0) is 0 Å². The molecule has 4 N–H and O–H groups in total. The van der Waals surface area contributed by atoms with E-state index in [0.29, 0.717) is 17.5 Å². The summed E-state index contributed by atoms with van der Waals surface area (Å²) in [6, 6.07) is 7.66. The maximum atomic E-state index is 10.8. The van der Waals surface area contributed by atoms with Crippen molar-refractivity contribution in [2.24, 2.45) is 5.73 Å². The summed E-state index contributed by atoms with van der Waals surface area (Å²) in [6.07, 6.45) is 0.945. The van der Waals surface area contributed by atoms with Gasteiger partial charge in [-0.25, -0.2) is 4.79 Å². The van der Waals surface area contributed by atoms with E-state index in [1.54, 1.807) is 12.1 Å². The second kappa shape index (κ2) is 4.85. The smallest absolute Gasteiger partial charge is 0.335 e. The van der Waals surface area contributed by atoms with Crippen molar-refractivity contribution in [1.82, 2.24) is 5.32 Å². The van der Waals surface area contributed by atoms with Crippen molar-refractivity contribution in [2.75, 3.05) is 6.54 Å². The summed E-state index contributed by atoms with van der Waals surface area (Å²) in [5, 5.41) is 12.2. The highest BCUT2D eigenvalue weighted by Gasteiger charge is 2.26. The van der Waals surface area contributed by atoms with Gasteiger partial charge in [0.25, 0.3) is 0 Å². The average molecular weight is 234 g/mol. The summed E-state index contributed by atoms with van der Waals surface area (Å²) in [5.74, 6) is -0.523. The fourth-order valence-corrected chi connectivity index (χ4v) is 2.39. The molecule has 0 saturated carbocycles. The molecule has 1 aromatic rings. The molecule has 4 nitrogen and oxygen atoms in total. The number of hydrogen-bond acceptors (Lipinski definition) is 3. The monoisotopic (exact) mass is 234 g/mol. The van der Waals surface area contributed by atoms with Crippen LogP contribution >= 0.6 is 0 Å². The average Bonchev–Trinajstić information content (AvgIpc) is 2.32. The third-order valence-electron chi connectivity index (χ3n) is 3.45. The van der Waals surface area contributed by atoms with Crippen LogP contribution in [0.3, 0.4) is 0 Å². The Kier molecular flexibility index (Phi) is 3.45. The number of nitrogens with two attached hydrogens (primary N) is 1. The van der Waals surface area contributed by atoms with Crippen LogP contribution in [0.25, 0.3) is 0 Å². The SMILES string of the molecule is CC1NCC(N)CC1c1ccc(C(=O)O)cc1. The highest BCUT2D eigenvalue weighted by molar-refractivity contribution is 5.87. The lowest BCUT2D eigenvalue weighted by Gasteiger charge is -2.34. The van der Waals surface area contributed by atoms with Crippen LogP contribution in [-0.4, -0.2) is 29.7 Å². The Bertz CT molecular complexity index is 402. The maximum Gasteiger partial charge on any atom is 0.335 e. The maximum absolute atomic E-state index is 10.8. The highest BCUT2D eigenvalue weighted by atomic mass is 16.4. The molecule has 3 unspecified atom stereocenters. The molecule has 2 rings (SSSR count). The zero-order chi connectivity index (χ0) is 12.4. The van der Waals surface area contributed by atoms with E-state index in [2.05, 4.69) is 12.2 Å². The molecule has 1 heterocycles. The van der Waals surface area contributed by atoms with Gasteiger partial charge >= 0.3 is 5.97 Å². The van der Waals surface area contributed by atoms with Crippen LogP contribution in [0.4, 0.5) is 0 Å². The van der Waals surface area contributed by atoms with Gasteiger partial charge in [0.2, 0.25) is 0 Å². The Morgan fingerprint density at radius 3 is 2.65 bits per heavy atom. The molecule has 1 saturated heterocycles. The summed E-state index contributed by atoms with van der Waals surface area (Å²) in [7, 11) is 0. The minimum atomic E-state index is -0.886. The van der Waals surface area contributed by atoms with E-state index >= 15 is 0 Å². The second-order valence-corrected chi connectivity index (χ2v) is 4.73. The molecule has 0 aliphatic carbocycles. The number of carboxylic acids is 1. The summed E-state index contributed by atoms with van der Waals surface area (Å²) in [4.78, 5) is 10.8. The third kappa shape index (κ3) is 2.65. The molecule has 0 radical (unpaired) electrons. The van der Waals surface area contributed by atoms with E-state index < -0.39 is 5.97 Å². The van der Waals surface area contributed by atoms with Gasteiger partial charge in [-0.05, 0) is 31.0 Å². The first kappa shape index (κ1) is 12.1. The van der Waals surface area contributed by atoms with Crippen molar-refractivity contribution in [3.05, 3.63) is 35.4 Å². The Labute approximate surface area is 101 Å². The number of piperidine rings is 1. The second-order valence-electron chi connectivity index (χ2n) is 4.73. The predicted molar refractivity (Wildman–Crippen MR) is 66.2 cm³/mol. The number of carbonyl (C=O) groups is 1. The Balaban J connectivity index is 2.18. The van der Waals surface area contributed by atoms with Gasteiger partial charge in [-0.2, -0.15) is 0 Å². The van der Waals surface area contributed by atoms with Gasteiger partial charge < -0.3 is 16.2 Å². The van der Waals surface area contributed by atoms with E-state index in [0.717, 1.165) is 18.5 Å². The topological polar surface area (TPSA) is 75.3 Å². The van der Waals surface area contributed by atoms with E-state index in [-0.39, 0.29) is 6.04 Å². The molecule has 1 fully saturated rings. The lowest BCUT2D eigenvalue weighted by atomic mass is 9.83. The lowest BCUT2D eigenvalue weighted by Crippen LogP contribution is -2.48. The van der Waals surface area contributed by atoms with Crippen LogP contribution in [0.5, 0.6) is 0 Å². The van der Waals surface area contributed by atoms with Crippen LogP contribution in [0.2, 0.25) is 0 Å². The number of aromatic carboxylic acids is 1. The number of nitrogens with one attached hydrogen (secondary N) is 1. The molecule has 92 valence electrons. The number of benzene rings is 1. The van der Waals surface area contributed by atoms with Crippen molar-refractivity contribution in [3.63, 3.8) is 0 Å². The molecule has 3 atom stereocenters. The van der Waals surface area contributed by atoms with Gasteiger partial charge in [-0.1, -0.05) is 12.1 Å². The van der Waals surface area contributed by atoms with E-state index in [4.69, 9.17) is 10.8 Å². The first-order chi connectivity index (χ1) is 8.08. The van der Waals surface area contributed by atoms with E-state index in [1.165, 1.54) is 0 Å². The van der Waals surface area contributed by atoms with Crippen LogP contribution in [0.1, 0.15) is 35.2 Å². The standard InChI is InChI=1S/C13H18N2O2/c1-8-12(6-11(14)7-15-8)9-2-4-10(5-3-9)13(16)17/h2-5,8,11-12,15H,6-7,14H2,1H3,(H,16,17). The molecule has 0 aromatic heterocycles. The predicted octanol–water partition coefficient (Wildman–Crippen LogP) is 1.18. The zero-order valence-electron chi connectivity index (χ0n) is 9.89. The van der Waals surface area contributed by atoms with Crippen LogP contribution in [0.15, 0.2) is 24.3 Å². The Morgan fingerprint density at radius 2 is 2.06 bits per heavy atom. The molecule has 1 aromatic carbocycles. The van der Waals surface area contributed by atoms with Gasteiger partial charge in [0.15, 0.2) is 0 Å². The fraction of sp³-hybridized carbons (Fsp3) is 0.462. The summed E-state index contributed by atoms with van der Waals surface area (Å²) in [6.45, 7) is 2.99. The van der Waals surface area contributed by atoms with Crippen molar-refractivity contribution in [1.29, 1.82) is 0 Å². The number of carboxylic acid groups (broad SMARTS) is 1. The van der Waals surface area contributed by atoms with Gasteiger partial charge in [-0.3, -0.25) is 0 Å². The molecule has 0 amide bonds. The highest BCUT2D eigenvalue weighted by Crippen LogP contribution is 2.27. The molecule has 0 spiro atoms. The first-order valence-corrected chi connectivity index (χ1v) is 5.90. The number of rotatable bonds is 2. The first-order valence-electron chi connectivity index (χ1n) is 5.90. The normalized spacial score (nSPS) is 28.9. The van der Waals surface area contributed by atoms with Crippen LogP contribution in [0, 0.1) is 0 Å². The third-order valence-corrected chi connectivity index (χ3v) is 3.45. The van der Waals surface area contributed by atoms with E-state index in [1.807, 2.05) is 12.1 Å². The quantitative estimate of drug-likeness (QED) is 0.718. The van der Waals surface area contributed by atoms with Crippen molar-refractivity contribution < 1.29 is 9.90 Å². The zero-order valence-corrected chi connectivity index (χ0v) is 9.89. The summed E-state index contributed by atoms with van der Waals surface area (Å²) < 4.78 is 0. The van der Waals surface area contributed by atoms with Crippen molar-refractivity contribution >= 4 is 5.97 Å². The van der Waals surface area contributed by atoms with Gasteiger partial charge in [0.1, 0.15) is 0 Å². The van der Waals surface area contributed by atoms with Gasteiger partial charge in [0.05, 0.1) is 5.56 Å².